The van der Waals surface area contributed by atoms with Crippen LogP contribution in [0.5, 0.6) is 0 Å². The molecular weight excluding hydrogens is 445 g/mol. The fourth-order valence-electron chi connectivity index (χ4n) is 4.74. The molecule has 6 heteroatoms. The first kappa shape index (κ1) is 24.0. The van der Waals surface area contributed by atoms with Gasteiger partial charge in [-0.15, -0.1) is 6.58 Å². The number of hydrogen-bond donors (Lipinski definition) is 0. The number of carbonyl (C=O) groups excluding carboxylic acids is 2. The van der Waals surface area contributed by atoms with E-state index in [2.05, 4.69) is 6.58 Å². The molecule has 0 N–H and O–H groups in total. The maximum absolute atomic E-state index is 14.5. The molecule has 4 rings (SSSR count). The van der Waals surface area contributed by atoms with Crippen molar-refractivity contribution in [2.75, 3.05) is 14.2 Å². The van der Waals surface area contributed by atoms with E-state index in [1.807, 2.05) is 59.1 Å². The van der Waals surface area contributed by atoms with E-state index in [1.54, 1.807) is 18.2 Å². The molecule has 0 aliphatic carbocycles. The number of allylic oxidation sites excluding steroid dienone is 1. The van der Waals surface area contributed by atoms with Crippen LogP contribution in [-0.4, -0.2) is 30.6 Å². The summed E-state index contributed by atoms with van der Waals surface area (Å²) in [5.41, 5.74) is 4.72. The molecule has 0 amide bonds. The first-order valence-corrected chi connectivity index (χ1v) is 11.2. The summed E-state index contributed by atoms with van der Waals surface area (Å²) < 4.78 is 26.5. The summed E-state index contributed by atoms with van der Waals surface area (Å²) in [6.45, 7) is 3.94. The average molecular weight is 472 g/mol. The molecule has 0 saturated carbocycles. The van der Waals surface area contributed by atoms with Gasteiger partial charge < -0.3 is 13.9 Å². The lowest BCUT2D eigenvalue weighted by Gasteiger charge is -2.25. The normalized spacial score (nSPS) is 11.9. The molecule has 35 heavy (non-hydrogen) atoms. The van der Waals surface area contributed by atoms with Crippen molar-refractivity contribution in [1.82, 2.24) is 4.40 Å². The molecule has 0 spiro atoms. The van der Waals surface area contributed by atoms with Gasteiger partial charge in [0.15, 0.2) is 5.92 Å². The van der Waals surface area contributed by atoms with Gasteiger partial charge >= 0.3 is 11.9 Å². The number of ether oxygens (including phenoxy) is 2. The smallest absolute Gasteiger partial charge is 0.321 e. The van der Waals surface area contributed by atoms with Crippen LogP contribution in [0.15, 0.2) is 91.6 Å². The van der Waals surface area contributed by atoms with Crippen LogP contribution in [0.25, 0.3) is 16.8 Å². The summed E-state index contributed by atoms with van der Waals surface area (Å²) in [5.74, 6) is -4.20. The molecule has 0 saturated heterocycles. The molecule has 0 aliphatic heterocycles. The standard InChI is InChI=1S/C29H26FNO4/c1-4-11-22-25(23-16-8-9-17-31(23)27(22)19-12-6-5-7-13-19)24(20-14-10-15-21(30)18-20)26(28(32)34-2)29(33)35-3/h4-10,12-18,24,26H,1,11H2,2-3H3. The lowest BCUT2D eigenvalue weighted by molar-refractivity contribution is -0.159. The van der Waals surface area contributed by atoms with E-state index >= 15 is 0 Å². The Balaban J connectivity index is 2.14. The predicted octanol–water partition coefficient (Wildman–Crippen LogP) is 5.57. The molecule has 1 unspecified atom stereocenters. The van der Waals surface area contributed by atoms with Gasteiger partial charge in [0.25, 0.3) is 0 Å². The van der Waals surface area contributed by atoms with E-state index in [0.717, 1.165) is 27.9 Å². The quantitative estimate of drug-likeness (QED) is 0.192. The Labute approximate surface area is 203 Å². The number of esters is 2. The number of rotatable bonds is 8. The zero-order chi connectivity index (χ0) is 24.9. The largest absolute Gasteiger partial charge is 0.468 e. The van der Waals surface area contributed by atoms with E-state index in [0.29, 0.717) is 12.0 Å². The van der Waals surface area contributed by atoms with Crippen molar-refractivity contribution in [3.05, 3.63) is 114 Å². The molecule has 178 valence electrons. The van der Waals surface area contributed by atoms with Gasteiger partial charge in [-0.3, -0.25) is 9.59 Å². The molecule has 0 aliphatic rings. The summed E-state index contributed by atoms with van der Waals surface area (Å²) >= 11 is 0. The lowest BCUT2D eigenvalue weighted by Crippen LogP contribution is -2.33. The third kappa shape index (κ3) is 4.47. The van der Waals surface area contributed by atoms with E-state index in [1.165, 1.54) is 26.4 Å². The highest BCUT2D eigenvalue weighted by atomic mass is 19.1. The minimum atomic E-state index is -1.34. The number of aromatic nitrogens is 1. The van der Waals surface area contributed by atoms with Crippen LogP contribution in [0.2, 0.25) is 0 Å². The van der Waals surface area contributed by atoms with Crippen LogP contribution in [0.1, 0.15) is 22.6 Å². The van der Waals surface area contributed by atoms with Crippen molar-refractivity contribution < 1.29 is 23.5 Å². The highest BCUT2D eigenvalue weighted by Gasteiger charge is 2.42. The fraction of sp³-hybridized carbons (Fsp3) is 0.172. The summed E-state index contributed by atoms with van der Waals surface area (Å²) in [6, 6.07) is 21.5. The third-order valence-corrected chi connectivity index (χ3v) is 6.15. The Morgan fingerprint density at radius 1 is 0.971 bits per heavy atom. The molecule has 5 nitrogen and oxygen atoms in total. The predicted molar refractivity (Wildman–Crippen MR) is 132 cm³/mol. The average Bonchev–Trinajstić information content (AvgIpc) is 3.20. The second kappa shape index (κ2) is 10.4. The molecule has 2 aromatic carbocycles. The minimum absolute atomic E-state index is 0.460. The number of pyridine rings is 1. The molecule has 1 atom stereocenters. The Bertz CT molecular complexity index is 1360. The second-order valence-corrected chi connectivity index (χ2v) is 8.11. The van der Waals surface area contributed by atoms with Crippen molar-refractivity contribution in [2.45, 2.75) is 12.3 Å². The number of benzene rings is 2. The first-order valence-electron chi connectivity index (χ1n) is 11.2. The number of hydrogen-bond acceptors (Lipinski definition) is 4. The third-order valence-electron chi connectivity index (χ3n) is 6.15. The number of nitrogens with zero attached hydrogens (tertiary/aromatic N) is 1. The van der Waals surface area contributed by atoms with Crippen molar-refractivity contribution in [3.63, 3.8) is 0 Å². The minimum Gasteiger partial charge on any atom is -0.468 e. The molecule has 2 aromatic heterocycles. The molecule has 0 fully saturated rings. The van der Waals surface area contributed by atoms with Crippen molar-refractivity contribution in [3.8, 4) is 11.3 Å². The number of carbonyl (C=O) groups is 2. The molecule has 0 radical (unpaired) electrons. The van der Waals surface area contributed by atoms with Crippen LogP contribution in [0.3, 0.4) is 0 Å². The Kier molecular flexibility index (Phi) is 7.11. The molecule has 0 bridgehead atoms. The summed E-state index contributed by atoms with van der Waals surface area (Å²) in [6.07, 6.45) is 4.17. The Morgan fingerprint density at radius 2 is 1.66 bits per heavy atom. The van der Waals surface area contributed by atoms with Gasteiger partial charge in [0, 0.05) is 17.6 Å². The topological polar surface area (TPSA) is 57.0 Å². The SMILES string of the molecule is C=CCc1c(C(c2cccc(F)c2)C(C(=O)OC)C(=O)OC)c2ccccn2c1-c1ccccc1. The van der Waals surface area contributed by atoms with E-state index in [4.69, 9.17) is 9.47 Å². The van der Waals surface area contributed by atoms with Crippen molar-refractivity contribution in [1.29, 1.82) is 0 Å². The fourth-order valence-corrected chi connectivity index (χ4v) is 4.74. The van der Waals surface area contributed by atoms with Crippen LogP contribution >= 0.6 is 0 Å². The first-order chi connectivity index (χ1) is 17.0. The summed E-state index contributed by atoms with van der Waals surface area (Å²) in [4.78, 5) is 26.0. The van der Waals surface area contributed by atoms with Gasteiger partial charge in [-0.2, -0.15) is 0 Å². The van der Waals surface area contributed by atoms with Crippen LogP contribution in [0, 0.1) is 11.7 Å². The van der Waals surface area contributed by atoms with E-state index < -0.39 is 29.6 Å². The van der Waals surface area contributed by atoms with Crippen LogP contribution in [0.4, 0.5) is 4.39 Å². The Morgan fingerprint density at radius 3 is 2.29 bits per heavy atom. The summed E-state index contributed by atoms with van der Waals surface area (Å²) in [7, 11) is 2.44. The zero-order valence-electron chi connectivity index (χ0n) is 19.6. The van der Waals surface area contributed by atoms with Gasteiger partial charge in [0.05, 0.1) is 19.9 Å². The molecular formula is C29H26FNO4. The maximum Gasteiger partial charge on any atom is 0.321 e. The number of halogens is 1. The molecule has 2 heterocycles. The maximum atomic E-state index is 14.5. The summed E-state index contributed by atoms with van der Waals surface area (Å²) in [5, 5.41) is 0. The van der Waals surface area contributed by atoms with Gasteiger partial charge in [-0.1, -0.05) is 54.6 Å². The monoisotopic (exact) mass is 471 g/mol. The van der Waals surface area contributed by atoms with E-state index in [-0.39, 0.29) is 0 Å². The van der Waals surface area contributed by atoms with Crippen molar-refractivity contribution >= 4 is 17.5 Å². The van der Waals surface area contributed by atoms with Gasteiger partial charge in [0.2, 0.25) is 0 Å². The van der Waals surface area contributed by atoms with E-state index in [9.17, 15) is 14.0 Å². The highest BCUT2D eigenvalue weighted by molar-refractivity contribution is 5.97. The number of methoxy groups -OCH3 is 2. The van der Waals surface area contributed by atoms with Crippen LogP contribution in [-0.2, 0) is 25.5 Å². The molecule has 4 aromatic rings. The van der Waals surface area contributed by atoms with Gasteiger partial charge in [-0.05, 0) is 52.9 Å². The lowest BCUT2D eigenvalue weighted by atomic mass is 9.78. The van der Waals surface area contributed by atoms with Crippen LogP contribution < -0.4 is 0 Å². The van der Waals surface area contributed by atoms with Gasteiger partial charge in [0.1, 0.15) is 5.82 Å². The highest BCUT2D eigenvalue weighted by Crippen LogP contribution is 2.43. The van der Waals surface area contributed by atoms with Gasteiger partial charge in [-0.25, -0.2) is 4.39 Å². The second-order valence-electron chi connectivity index (χ2n) is 8.11. The Hall–Kier alpha value is -4.19. The zero-order valence-corrected chi connectivity index (χ0v) is 19.6. The van der Waals surface area contributed by atoms with Crippen molar-refractivity contribution in [2.24, 2.45) is 5.92 Å². The number of fused-ring (bicyclic) bond motifs is 1.